The molecule has 5 rings (SSSR count). The lowest BCUT2D eigenvalue weighted by molar-refractivity contribution is 0.0304. The smallest absolute Gasteiger partial charge is 0.267 e. The van der Waals surface area contributed by atoms with Gasteiger partial charge in [0.15, 0.2) is 11.5 Å². The molecule has 0 aromatic carbocycles. The zero-order valence-corrected chi connectivity index (χ0v) is 17.2. The fourth-order valence-corrected chi connectivity index (χ4v) is 5.68. The average Bonchev–Trinajstić information content (AvgIpc) is 3.37. The fraction of sp³-hybridized carbons (Fsp3) is 0.524. The zero-order valence-electron chi connectivity index (χ0n) is 16.4. The molecule has 1 saturated heterocycles. The summed E-state index contributed by atoms with van der Waals surface area (Å²) in [6.45, 7) is 2.57. The van der Waals surface area contributed by atoms with Crippen molar-refractivity contribution in [3.8, 4) is 11.5 Å². The number of pyridine rings is 1. The monoisotopic (exact) mass is 415 g/mol. The van der Waals surface area contributed by atoms with Crippen molar-refractivity contribution in [2.75, 3.05) is 38.7 Å². The van der Waals surface area contributed by atoms with Gasteiger partial charge in [-0.05, 0) is 36.8 Å². The molecule has 2 fully saturated rings. The minimum absolute atomic E-state index is 0.0550. The Kier molecular flexibility index (Phi) is 5.05. The first-order valence-corrected chi connectivity index (χ1v) is 11.0. The van der Waals surface area contributed by atoms with Crippen molar-refractivity contribution in [3.63, 3.8) is 0 Å². The normalized spacial score (nSPS) is 28.1. The summed E-state index contributed by atoms with van der Waals surface area (Å²) in [4.78, 5) is 20.2. The van der Waals surface area contributed by atoms with E-state index < -0.39 is 0 Å². The lowest BCUT2D eigenvalue weighted by Crippen LogP contribution is -2.44. The van der Waals surface area contributed by atoms with Crippen LogP contribution in [0.15, 0.2) is 29.8 Å². The predicted octanol–water partition coefficient (Wildman–Crippen LogP) is 2.89. The molecule has 3 aliphatic rings. The van der Waals surface area contributed by atoms with Gasteiger partial charge in [0.25, 0.3) is 5.91 Å². The third-order valence-electron chi connectivity index (χ3n) is 6.20. The topological polar surface area (TPSA) is 72.9 Å². The third kappa shape index (κ3) is 3.55. The minimum atomic E-state index is 0.0550. The van der Waals surface area contributed by atoms with Crippen LogP contribution in [0.5, 0.6) is 11.5 Å². The molecule has 0 bridgehead atoms. The number of anilines is 1. The number of hydrogen-bond acceptors (Lipinski definition) is 7. The average molecular weight is 416 g/mol. The Labute approximate surface area is 174 Å². The molecule has 7 nitrogen and oxygen atoms in total. The van der Waals surface area contributed by atoms with Crippen molar-refractivity contribution in [3.05, 3.63) is 34.7 Å². The number of methoxy groups -OCH3 is 1. The van der Waals surface area contributed by atoms with Crippen molar-refractivity contribution in [1.82, 2.24) is 9.88 Å². The summed E-state index contributed by atoms with van der Waals surface area (Å²) in [5.74, 6) is 3.15. The molecule has 8 heteroatoms. The van der Waals surface area contributed by atoms with Gasteiger partial charge in [-0.15, -0.1) is 11.3 Å². The standard InChI is InChI=1S/C21H25N3O4S/c1-26-16-9-14-11-24(21(25)20-19-17(12-29-20)27-6-7-28-19)10-13(14)8-15(16)23-18-4-2-3-5-22-18/h2-5,12-16H,6-11H2,1H3,(H,22,23)/t13-,14+,15-,16-/m1/s1. The Morgan fingerprint density at radius 1 is 1.24 bits per heavy atom. The van der Waals surface area contributed by atoms with Crippen molar-refractivity contribution in [1.29, 1.82) is 0 Å². The van der Waals surface area contributed by atoms with E-state index in [-0.39, 0.29) is 18.1 Å². The van der Waals surface area contributed by atoms with Crippen LogP contribution in [0.4, 0.5) is 5.82 Å². The molecule has 29 heavy (non-hydrogen) atoms. The number of carbonyl (C=O) groups excluding carboxylic acids is 1. The number of hydrogen-bond donors (Lipinski definition) is 1. The Hall–Kier alpha value is -2.32. The van der Waals surface area contributed by atoms with E-state index in [1.807, 2.05) is 28.5 Å². The summed E-state index contributed by atoms with van der Waals surface area (Å²) in [5, 5.41) is 5.41. The number of nitrogens with one attached hydrogen (secondary N) is 1. The lowest BCUT2D eigenvalue weighted by atomic mass is 9.77. The van der Waals surface area contributed by atoms with Gasteiger partial charge in [0.1, 0.15) is 23.9 Å². The Balaban J connectivity index is 1.29. The highest BCUT2D eigenvalue weighted by atomic mass is 32.1. The predicted molar refractivity (Wildman–Crippen MR) is 110 cm³/mol. The summed E-state index contributed by atoms with van der Waals surface area (Å²) in [5.41, 5.74) is 0. The quantitative estimate of drug-likeness (QED) is 0.828. The van der Waals surface area contributed by atoms with E-state index in [4.69, 9.17) is 14.2 Å². The van der Waals surface area contributed by atoms with E-state index >= 15 is 0 Å². The largest absolute Gasteiger partial charge is 0.485 e. The molecule has 1 amide bonds. The number of nitrogens with zero attached hydrogens (tertiary/aromatic N) is 2. The van der Waals surface area contributed by atoms with Gasteiger partial charge in [-0.2, -0.15) is 0 Å². The molecule has 0 radical (unpaired) electrons. The molecule has 2 aromatic heterocycles. The van der Waals surface area contributed by atoms with Gasteiger partial charge in [0.05, 0.1) is 12.1 Å². The molecule has 2 aromatic rings. The number of fused-ring (bicyclic) bond motifs is 2. The number of thiophene rings is 1. The molecule has 4 heterocycles. The Morgan fingerprint density at radius 3 is 2.86 bits per heavy atom. The molecule has 4 atom stereocenters. The SMILES string of the molecule is CO[C@@H]1C[C@H]2CN(C(=O)c3scc4c3OCCO4)C[C@H]2C[C@H]1Nc1ccccn1. The Bertz CT molecular complexity index is 874. The van der Waals surface area contributed by atoms with Crippen molar-refractivity contribution < 1.29 is 19.0 Å². The maximum absolute atomic E-state index is 13.2. The van der Waals surface area contributed by atoms with Gasteiger partial charge in [0, 0.05) is 31.8 Å². The van der Waals surface area contributed by atoms with E-state index in [0.29, 0.717) is 41.4 Å². The van der Waals surface area contributed by atoms with Crippen molar-refractivity contribution in [2.45, 2.75) is 25.0 Å². The van der Waals surface area contributed by atoms with Gasteiger partial charge in [-0.25, -0.2) is 4.98 Å². The van der Waals surface area contributed by atoms with Crippen molar-refractivity contribution in [2.24, 2.45) is 11.8 Å². The number of ether oxygens (including phenoxy) is 3. The number of likely N-dealkylation sites (tertiary alicyclic amines) is 1. The van der Waals surface area contributed by atoms with Crippen LogP contribution in [0.1, 0.15) is 22.5 Å². The molecule has 154 valence electrons. The summed E-state index contributed by atoms with van der Waals surface area (Å²) < 4.78 is 17.1. The first kappa shape index (κ1) is 18.7. The van der Waals surface area contributed by atoms with Crippen LogP contribution in [-0.4, -0.2) is 61.3 Å². The van der Waals surface area contributed by atoms with Crippen LogP contribution < -0.4 is 14.8 Å². The molecule has 1 N–H and O–H groups in total. The van der Waals surface area contributed by atoms with E-state index in [0.717, 1.165) is 31.7 Å². The van der Waals surface area contributed by atoms with E-state index in [1.54, 1.807) is 13.3 Å². The van der Waals surface area contributed by atoms with Gasteiger partial charge < -0.3 is 24.4 Å². The number of rotatable bonds is 4. The lowest BCUT2D eigenvalue weighted by Gasteiger charge is -2.37. The first-order chi connectivity index (χ1) is 14.2. The maximum Gasteiger partial charge on any atom is 0.267 e. The van der Waals surface area contributed by atoms with Crippen LogP contribution >= 0.6 is 11.3 Å². The molecular formula is C21H25N3O4S. The zero-order chi connectivity index (χ0) is 19.8. The number of amides is 1. The highest BCUT2D eigenvalue weighted by Crippen LogP contribution is 2.43. The van der Waals surface area contributed by atoms with Crippen LogP contribution in [0.3, 0.4) is 0 Å². The summed E-state index contributed by atoms with van der Waals surface area (Å²) in [6.07, 6.45) is 3.81. The summed E-state index contributed by atoms with van der Waals surface area (Å²) >= 11 is 1.41. The molecule has 1 saturated carbocycles. The fourth-order valence-electron chi connectivity index (χ4n) is 4.78. The highest BCUT2D eigenvalue weighted by Gasteiger charge is 2.44. The van der Waals surface area contributed by atoms with Gasteiger partial charge in [-0.3, -0.25) is 4.79 Å². The third-order valence-corrected chi connectivity index (χ3v) is 7.13. The second kappa shape index (κ2) is 7.84. The van der Waals surface area contributed by atoms with Crippen LogP contribution in [0.2, 0.25) is 0 Å². The molecule has 0 spiro atoms. The second-order valence-electron chi connectivity index (χ2n) is 7.90. The van der Waals surface area contributed by atoms with Crippen LogP contribution in [-0.2, 0) is 4.74 Å². The minimum Gasteiger partial charge on any atom is -0.485 e. The molecule has 1 aliphatic carbocycles. The molecular weight excluding hydrogens is 390 g/mol. The van der Waals surface area contributed by atoms with E-state index in [2.05, 4.69) is 10.3 Å². The van der Waals surface area contributed by atoms with E-state index in [1.165, 1.54) is 11.3 Å². The van der Waals surface area contributed by atoms with Crippen LogP contribution in [0, 0.1) is 11.8 Å². The summed E-state index contributed by atoms with van der Waals surface area (Å²) in [6, 6.07) is 6.06. The van der Waals surface area contributed by atoms with Crippen molar-refractivity contribution >= 4 is 23.1 Å². The first-order valence-electron chi connectivity index (χ1n) is 10.1. The van der Waals surface area contributed by atoms with Gasteiger partial charge in [-0.1, -0.05) is 6.07 Å². The Morgan fingerprint density at radius 2 is 2.07 bits per heavy atom. The second-order valence-corrected chi connectivity index (χ2v) is 8.78. The molecule has 2 aliphatic heterocycles. The van der Waals surface area contributed by atoms with Crippen LogP contribution in [0.25, 0.3) is 0 Å². The van der Waals surface area contributed by atoms with Gasteiger partial charge >= 0.3 is 0 Å². The number of aromatic nitrogens is 1. The van der Waals surface area contributed by atoms with Gasteiger partial charge in [0.2, 0.25) is 0 Å². The molecule has 0 unspecified atom stereocenters. The summed E-state index contributed by atoms with van der Waals surface area (Å²) in [7, 11) is 1.77. The van der Waals surface area contributed by atoms with E-state index in [9.17, 15) is 4.79 Å². The highest BCUT2D eigenvalue weighted by molar-refractivity contribution is 7.12. The maximum atomic E-state index is 13.2. The number of carbonyl (C=O) groups is 1.